The van der Waals surface area contributed by atoms with Crippen LogP contribution in [0.3, 0.4) is 0 Å². The van der Waals surface area contributed by atoms with Crippen molar-refractivity contribution in [2.24, 2.45) is 0 Å². The molecule has 4 heteroatoms. The second-order valence-electron chi connectivity index (χ2n) is 1.78. The first-order valence-electron chi connectivity index (χ1n) is 2.68. The minimum absolute atomic E-state index is 0.107. The van der Waals surface area contributed by atoms with Crippen LogP contribution in [0.15, 0.2) is 12.4 Å². The zero-order valence-corrected chi connectivity index (χ0v) is 6.09. The third kappa shape index (κ3) is 1.51. The molecule has 1 rings (SSSR count). The summed E-state index contributed by atoms with van der Waals surface area (Å²) in [4.78, 5) is 18.0. The van der Waals surface area contributed by atoms with Gasteiger partial charge in [-0.15, -0.1) is 0 Å². The molecule has 0 aliphatic carbocycles. The van der Waals surface area contributed by atoms with Crippen molar-refractivity contribution in [2.45, 2.75) is 6.92 Å². The average molecular weight is 157 g/mol. The van der Waals surface area contributed by atoms with Gasteiger partial charge in [0.25, 0.3) is 0 Å². The molecule has 0 aromatic carbocycles. The lowest BCUT2D eigenvalue weighted by molar-refractivity contribution is 0.101. The Kier molecular flexibility index (Phi) is 1.97. The number of rotatable bonds is 1. The second kappa shape index (κ2) is 2.75. The maximum atomic E-state index is 10.6. The zero-order chi connectivity index (χ0) is 7.56. The standard InChI is InChI=1S/C6H5ClN2O/c1-4(10)5-2-6(7)9-3-8-5/h2-3H,1H3. The maximum Gasteiger partial charge on any atom is 0.178 e. The van der Waals surface area contributed by atoms with Gasteiger partial charge in [-0.2, -0.15) is 0 Å². The fourth-order valence-electron chi connectivity index (χ4n) is 0.526. The molecule has 0 saturated carbocycles. The van der Waals surface area contributed by atoms with Gasteiger partial charge in [-0.3, -0.25) is 4.79 Å². The third-order valence-electron chi connectivity index (χ3n) is 0.994. The van der Waals surface area contributed by atoms with E-state index < -0.39 is 0 Å². The molecule has 0 unspecified atom stereocenters. The van der Waals surface area contributed by atoms with Crippen LogP contribution in [-0.4, -0.2) is 15.8 Å². The van der Waals surface area contributed by atoms with Crippen LogP contribution in [-0.2, 0) is 0 Å². The Morgan fingerprint density at radius 1 is 1.60 bits per heavy atom. The number of hydrogen-bond acceptors (Lipinski definition) is 3. The Morgan fingerprint density at radius 2 is 2.30 bits per heavy atom. The van der Waals surface area contributed by atoms with Crippen LogP contribution < -0.4 is 0 Å². The van der Waals surface area contributed by atoms with Gasteiger partial charge in [-0.25, -0.2) is 9.97 Å². The van der Waals surface area contributed by atoms with E-state index in [0.29, 0.717) is 10.8 Å². The molecule has 0 amide bonds. The third-order valence-corrected chi connectivity index (χ3v) is 1.20. The molecule has 52 valence electrons. The van der Waals surface area contributed by atoms with Crippen molar-refractivity contribution in [3.05, 3.63) is 23.2 Å². The van der Waals surface area contributed by atoms with Crippen molar-refractivity contribution in [3.63, 3.8) is 0 Å². The van der Waals surface area contributed by atoms with Crippen LogP contribution in [0.2, 0.25) is 5.15 Å². The van der Waals surface area contributed by atoms with Gasteiger partial charge >= 0.3 is 0 Å². The lowest BCUT2D eigenvalue weighted by Gasteiger charge is -1.91. The van der Waals surface area contributed by atoms with Crippen LogP contribution >= 0.6 is 11.6 Å². The molecular weight excluding hydrogens is 152 g/mol. The normalized spacial score (nSPS) is 9.40. The van der Waals surface area contributed by atoms with Gasteiger partial charge in [0, 0.05) is 13.0 Å². The molecule has 1 heterocycles. The van der Waals surface area contributed by atoms with E-state index in [9.17, 15) is 4.79 Å². The summed E-state index contributed by atoms with van der Waals surface area (Å²) >= 11 is 5.49. The highest BCUT2D eigenvalue weighted by Gasteiger charge is 1.99. The minimum Gasteiger partial charge on any atom is -0.293 e. The fourth-order valence-corrected chi connectivity index (χ4v) is 0.673. The Bertz CT molecular complexity index is 262. The number of hydrogen-bond donors (Lipinski definition) is 0. The van der Waals surface area contributed by atoms with Gasteiger partial charge in [-0.1, -0.05) is 11.6 Å². The number of nitrogens with zero attached hydrogens (tertiary/aromatic N) is 2. The summed E-state index contributed by atoms with van der Waals surface area (Å²) in [7, 11) is 0. The zero-order valence-electron chi connectivity index (χ0n) is 5.34. The van der Waals surface area contributed by atoms with Gasteiger partial charge in [0.15, 0.2) is 5.78 Å². The van der Waals surface area contributed by atoms with Crippen LogP contribution in [0.1, 0.15) is 17.4 Å². The molecule has 0 fully saturated rings. The average Bonchev–Trinajstić information content (AvgIpc) is 1.88. The first-order chi connectivity index (χ1) is 4.70. The number of halogens is 1. The SMILES string of the molecule is CC(=O)c1cc(Cl)ncn1. The molecule has 10 heavy (non-hydrogen) atoms. The van der Waals surface area contributed by atoms with Crippen LogP contribution in [0.25, 0.3) is 0 Å². The molecule has 0 aliphatic heterocycles. The minimum atomic E-state index is -0.107. The van der Waals surface area contributed by atoms with Gasteiger partial charge < -0.3 is 0 Å². The molecule has 0 bridgehead atoms. The summed E-state index contributed by atoms with van der Waals surface area (Å²) in [6.07, 6.45) is 1.26. The predicted octanol–water partition coefficient (Wildman–Crippen LogP) is 1.33. The van der Waals surface area contributed by atoms with E-state index in [1.165, 1.54) is 19.3 Å². The molecular formula is C6H5ClN2O. The molecule has 1 aromatic rings. The van der Waals surface area contributed by atoms with Crippen molar-refractivity contribution < 1.29 is 4.79 Å². The lowest BCUT2D eigenvalue weighted by Crippen LogP contribution is -1.96. The summed E-state index contributed by atoms with van der Waals surface area (Å²) in [5.74, 6) is -0.107. The first kappa shape index (κ1) is 7.15. The fraction of sp³-hybridized carbons (Fsp3) is 0.167. The van der Waals surface area contributed by atoms with Crippen molar-refractivity contribution in [1.29, 1.82) is 0 Å². The van der Waals surface area contributed by atoms with Crippen molar-refractivity contribution >= 4 is 17.4 Å². The van der Waals surface area contributed by atoms with E-state index in [0.717, 1.165) is 0 Å². The van der Waals surface area contributed by atoms with E-state index in [1.807, 2.05) is 0 Å². The van der Waals surface area contributed by atoms with E-state index >= 15 is 0 Å². The monoisotopic (exact) mass is 156 g/mol. The Hall–Kier alpha value is -0.960. The molecule has 0 saturated heterocycles. The van der Waals surface area contributed by atoms with E-state index in [1.54, 1.807) is 0 Å². The van der Waals surface area contributed by atoms with Crippen LogP contribution in [0.4, 0.5) is 0 Å². The highest BCUT2D eigenvalue weighted by atomic mass is 35.5. The molecule has 0 radical (unpaired) electrons. The predicted molar refractivity (Wildman–Crippen MR) is 37.0 cm³/mol. The van der Waals surface area contributed by atoms with E-state index in [4.69, 9.17) is 11.6 Å². The van der Waals surface area contributed by atoms with Crippen LogP contribution in [0, 0.1) is 0 Å². The van der Waals surface area contributed by atoms with E-state index in [-0.39, 0.29) is 5.78 Å². The summed E-state index contributed by atoms with van der Waals surface area (Å²) in [5.41, 5.74) is 0.347. The number of Topliss-reactive ketones (excluding diaryl/α,β-unsaturated/α-hetero) is 1. The lowest BCUT2D eigenvalue weighted by atomic mass is 10.3. The molecule has 0 atom stereocenters. The number of carbonyl (C=O) groups is 1. The molecule has 0 aliphatic rings. The van der Waals surface area contributed by atoms with E-state index in [2.05, 4.69) is 9.97 Å². The molecule has 0 spiro atoms. The Balaban J connectivity index is 3.07. The summed E-state index contributed by atoms with van der Waals surface area (Å²) in [5, 5.41) is 0.292. The summed E-state index contributed by atoms with van der Waals surface area (Å²) in [6.45, 7) is 1.43. The maximum absolute atomic E-state index is 10.6. The largest absolute Gasteiger partial charge is 0.293 e. The van der Waals surface area contributed by atoms with Crippen molar-refractivity contribution in [1.82, 2.24) is 9.97 Å². The molecule has 0 N–H and O–H groups in total. The van der Waals surface area contributed by atoms with Crippen LogP contribution in [0.5, 0.6) is 0 Å². The van der Waals surface area contributed by atoms with Crippen molar-refractivity contribution in [3.8, 4) is 0 Å². The quantitative estimate of drug-likeness (QED) is 0.455. The number of aromatic nitrogens is 2. The number of carbonyl (C=O) groups excluding carboxylic acids is 1. The summed E-state index contributed by atoms with van der Waals surface area (Å²) in [6, 6.07) is 1.43. The van der Waals surface area contributed by atoms with Gasteiger partial charge in [-0.05, 0) is 0 Å². The van der Waals surface area contributed by atoms with Gasteiger partial charge in [0.1, 0.15) is 17.2 Å². The van der Waals surface area contributed by atoms with Gasteiger partial charge in [0.05, 0.1) is 0 Å². The second-order valence-corrected chi connectivity index (χ2v) is 2.17. The Labute approximate surface area is 63.1 Å². The Morgan fingerprint density at radius 3 is 2.70 bits per heavy atom. The van der Waals surface area contributed by atoms with Gasteiger partial charge in [0.2, 0.25) is 0 Å². The molecule has 1 aromatic heterocycles. The highest BCUT2D eigenvalue weighted by Crippen LogP contribution is 2.03. The highest BCUT2D eigenvalue weighted by molar-refractivity contribution is 6.29. The van der Waals surface area contributed by atoms with Crippen molar-refractivity contribution in [2.75, 3.05) is 0 Å². The topological polar surface area (TPSA) is 42.9 Å². The summed E-state index contributed by atoms with van der Waals surface area (Å²) < 4.78 is 0. The first-order valence-corrected chi connectivity index (χ1v) is 3.06. The number of ketones is 1. The molecule has 3 nitrogen and oxygen atoms in total. The smallest absolute Gasteiger partial charge is 0.178 e.